The summed E-state index contributed by atoms with van der Waals surface area (Å²) in [6, 6.07) is 7.81. The van der Waals surface area contributed by atoms with Crippen LogP contribution in [0.15, 0.2) is 24.3 Å². The quantitative estimate of drug-likeness (QED) is 0.766. The number of hydrogen-bond donors (Lipinski definition) is 1. The van der Waals surface area contributed by atoms with Gasteiger partial charge in [0.25, 0.3) is 0 Å². The fraction of sp³-hybridized carbons (Fsp3) is 0.286. The maximum atomic E-state index is 6.02. The molecule has 1 saturated carbocycles. The lowest BCUT2D eigenvalue weighted by molar-refractivity contribution is 0.774. The minimum atomic E-state index is 0.450. The smallest absolute Gasteiger partial charge is 0.164 e. The zero-order valence-electron chi connectivity index (χ0n) is 11.1. The van der Waals surface area contributed by atoms with E-state index in [9.17, 15) is 0 Å². The molecule has 0 saturated heterocycles. The first-order valence-corrected chi connectivity index (χ1v) is 6.69. The fourth-order valence-electron chi connectivity index (χ4n) is 2.29. The Bertz CT molecular complexity index is 803. The van der Waals surface area contributed by atoms with Crippen molar-refractivity contribution in [2.45, 2.75) is 25.7 Å². The van der Waals surface area contributed by atoms with Crippen LogP contribution in [0.4, 0.5) is 5.82 Å². The Hall–Kier alpha value is -2.50. The van der Waals surface area contributed by atoms with Gasteiger partial charge in [-0.15, -0.1) is 5.10 Å². The molecule has 2 aromatic heterocycles. The molecule has 2 N–H and O–H groups in total. The number of nitrogens with two attached hydrogens (primary N) is 1. The van der Waals surface area contributed by atoms with Gasteiger partial charge in [0.2, 0.25) is 0 Å². The molecule has 1 aliphatic carbocycles. The number of rotatable bonds is 2. The lowest BCUT2D eigenvalue weighted by Gasteiger charge is -2.09. The summed E-state index contributed by atoms with van der Waals surface area (Å²) in [5.74, 6) is 2.53. The summed E-state index contributed by atoms with van der Waals surface area (Å²) in [5.41, 5.74) is 8.63. The van der Waals surface area contributed by atoms with Crippen LogP contribution in [0.2, 0.25) is 0 Å². The molecule has 6 heteroatoms. The maximum Gasteiger partial charge on any atom is 0.164 e. The first-order chi connectivity index (χ1) is 9.74. The van der Waals surface area contributed by atoms with Gasteiger partial charge in [-0.1, -0.05) is 17.3 Å². The molecule has 1 aromatic carbocycles. The van der Waals surface area contributed by atoms with Gasteiger partial charge in [-0.2, -0.15) is 4.68 Å². The molecular weight excluding hydrogens is 252 g/mol. The molecule has 20 heavy (non-hydrogen) atoms. The average Bonchev–Trinajstić information content (AvgIpc) is 3.22. The highest BCUT2D eigenvalue weighted by Crippen LogP contribution is 2.39. The number of anilines is 1. The predicted molar refractivity (Wildman–Crippen MR) is 75.6 cm³/mol. The van der Waals surface area contributed by atoms with Crippen LogP contribution < -0.4 is 5.73 Å². The number of hydrogen-bond acceptors (Lipinski definition) is 5. The first kappa shape index (κ1) is 11.3. The normalized spacial score (nSPS) is 14.8. The van der Waals surface area contributed by atoms with Gasteiger partial charge in [-0.05, 0) is 31.9 Å². The SMILES string of the molecule is Cc1c(N)nc(C2CC2)nc1-n1nnc2ccccc21. The van der Waals surface area contributed by atoms with E-state index in [4.69, 9.17) is 5.73 Å². The van der Waals surface area contributed by atoms with Crippen molar-refractivity contribution in [2.75, 3.05) is 5.73 Å². The molecule has 1 aliphatic rings. The third kappa shape index (κ3) is 1.65. The van der Waals surface area contributed by atoms with Crippen LogP contribution in [0.1, 0.15) is 30.1 Å². The molecule has 0 atom stereocenters. The number of nitrogens with zero attached hydrogens (tertiary/aromatic N) is 5. The summed E-state index contributed by atoms with van der Waals surface area (Å²) in [5, 5.41) is 8.38. The second kappa shape index (κ2) is 4.00. The molecule has 0 unspecified atom stereocenters. The van der Waals surface area contributed by atoms with Crippen molar-refractivity contribution in [2.24, 2.45) is 0 Å². The molecule has 6 nitrogen and oxygen atoms in total. The first-order valence-electron chi connectivity index (χ1n) is 6.69. The number of benzene rings is 1. The van der Waals surface area contributed by atoms with Crippen LogP contribution >= 0.6 is 0 Å². The molecule has 1 fully saturated rings. The van der Waals surface area contributed by atoms with Crippen molar-refractivity contribution in [1.29, 1.82) is 0 Å². The average molecular weight is 266 g/mol. The lowest BCUT2D eigenvalue weighted by atomic mass is 10.2. The molecule has 0 spiro atoms. The third-order valence-corrected chi connectivity index (χ3v) is 3.67. The van der Waals surface area contributed by atoms with Crippen LogP contribution in [0.3, 0.4) is 0 Å². The van der Waals surface area contributed by atoms with Crippen molar-refractivity contribution < 1.29 is 0 Å². The number of fused-ring (bicyclic) bond motifs is 1. The summed E-state index contributed by atoms with van der Waals surface area (Å²) in [4.78, 5) is 9.05. The van der Waals surface area contributed by atoms with Gasteiger partial charge >= 0.3 is 0 Å². The van der Waals surface area contributed by atoms with Crippen molar-refractivity contribution in [3.05, 3.63) is 35.7 Å². The predicted octanol–water partition coefficient (Wildman–Crippen LogP) is 1.98. The summed E-state index contributed by atoms with van der Waals surface area (Å²) >= 11 is 0. The van der Waals surface area contributed by atoms with Crippen LogP contribution in [-0.4, -0.2) is 25.0 Å². The molecule has 0 amide bonds. The standard InChI is InChI=1S/C14H14N6/c1-8-12(15)16-13(9-6-7-9)17-14(8)20-11-5-3-2-4-10(11)18-19-20/h2-5,9H,6-7H2,1H3,(H2,15,16,17). The zero-order valence-corrected chi connectivity index (χ0v) is 11.1. The van der Waals surface area contributed by atoms with Gasteiger partial charge in [-0.25, -0.2) is 9.97 Å². The van der Waals surface area contributed by atoms with Crippen LogP contribution in [0, 0.1) is 6.92 Å². The van der Waals surface area contributed by atoms with Crippen LogP contribution in [0.5, 0.6) is 0 Å². The molecule has 0 aliphatic heterocycles. The van der Waals surface area contributed by atoms with Crippen LogP contribution in [0.25, 0.3) is 16.9 Å². The molecule has 3 aromatic rings. The van der Waals surface area contributed by atoms with E-state index >= 15 is 0 Å². The number of para-hydroxylation sites is 1. The fourth-order valence-corrected chi connectivity index (χ4v) is 2.29. The van der Waals surface area contributed by atoms with Gasteiger partial charge in [0, 0.05) is 11.5 Å². The Morgan fingerprint density at radius 2 is 2.00 bits per heavy atom. The molecule has 0 radical (unpaired) electrons. The van der Waals surface area contributed by atoms with Gasteiger partial charge in [0.15, 0.2) is 5.82 Å². The topological polar surface area (TPSA) is 82.5 Å². The van der Waals surface area contributed by atoms with Gasteiger partial charge in [0.1, 0.15) is 17.2 Å². The highest BCUT2D eigenvalue weighted by Gasteiger charge is 2.28. The molecule has 0 bridgehead atoms. The second-order valence-corrected chi connectivity index (χ2v) is 5.18. The number of nitrogen functional groups attached to an aromatic ring is 1. The van der Waals surface area contributed by atoms with Gasteiger partial charge in [0.05, 0.1) is 5.52 Å². The lowest BCUT2D eigenvalue weighted by Crippen LogP contribution is -2.10. The van der Waals surface area contributed by atoms with E-state index < -0.39 is 0 Å². The van der Waals surface area contributed by atoms with Crippen molar-refractivity contribution in [1.82, 2.24) is 25.0 Å². The van der Waals surface area contributed by atoms with E-state index in [1.54, 1.807) is 4.68 Å². The van der Waals surface area contributed by atoms with E-state index in [-0.39, 0.29) is 0 Å². The highest BCUT2D eigenvalue weighted by atomic mass is 15.4. The maximum absolute atomic E-state index is 6.02. The highest BCUT2D eigenvalue weighted by molar-refractivity contribution is 5.76. The van der Waals surface area contributed by atoms with E-state index in [1.165, 1.54) is 0 Å². The Morgan fingerprint density at radius 1 is 1.20 bits per heavy atom. The minimum Gasteiger partial charge on any atom is -0.383 e. The Morgan fingerprint density at radius 3 is 2.80 bits per heavy atom. The molecule has 2 heterocycles. The number of aromatic nitrogens is 5. The van der Waals surface area contributed by atoms with Gasteiger partial charge < -0.3 is 5.73 Å². The van der Waals surface area contributed by atoms with E-state index in [0.29, 0.717) is 11.7 Å². The summed E-state index contributed by atoms with van der Waals surface area (Å²) in [7, 11) is 0. The second-order valence-electron chi connectivity index (χ2n) is 5.18. The van der Waals surface area contributed by atoms with E-state index in [1.807, 2.05) is 31.2 Å². The van der Waals surface area contributed by atoms with Crippen molar-refractivity contribution >= 4 is 16.9 Å². The van der Waals surface area contributed by atoms with E-state index in [2.05, 4.69) is 20.3 Å². The van der Waals surface area contributed by atoms with Crippen molar-refractivity contribution in [3.63, 3.8) is 0 Å². The minimum absolute atomic E-state index is 0.450. The van der Waals surface area contributed by atoms with Crippen LogP contribution in [-0.2, 0) is 0 Å². The largest absolute Gasteiger partial charge is 0.383 e. The monoisotopic (exact) mass is 266 g/mol. The third-order valence-electron chi connectivity index (χ3n) is 3.67. The molecule has 4 rings (SSSR count). The molecule has 100 valence electrons. The zero-order chi connectivity index (χ0) is 13.7. The van der Waals surface area contributed by atoms with Crippen molar-refractivity contribution in [3.8, 4) is 5.82 Å². The van der Waals surface area contributed by atoms with E-state index in [0.717, 1.165) is 41.1 Å². The summed E-state index contributed by atoms with van der Waals surface area (Å²) < 4.78 is 1.74. The Balaban J connectivity index is 1.97. The Labute approximate surface area is 115 Å². The summed E-state index contributed by atoms with van der Waals surface area (Å²) in [6.45, 7) is 1.91. The molecular formula is C14H14N6. The van der Waals surface area contributed by atoms with Gasteiger partial charge in [-0.3, -0.25) is 0 Å². The summed E-state index contributed by atoms with van der Waals surface area (Å²) in [6.07, 6.45) is 2.28. The Kier molecular flexibility index (Phi) is 2.26.